The van der Waals surface area contributed by atoms with E-state index in [1.54, 1.807) is 23.5 Å². The van der Waals surface area contributed by atoms with Gasteiger partial charge in [0, 0.05) is 5.41 Å². The molecular weight excluding hydrogens is 190 g/mol. The fraction of sp³-hybridized carbons (Fsp3) is 0.875. The minimum Gasteiger partial charge on any atom is -0.411 e. The Bertz CT molecular complexity index is 159. The summed E-state index contributed by atoms with van der Waals surface area (Å²) >= 11 is 3.40. The van der Waals surface area contributed by atoms with Crippen LogP contribution in [0.3, 0.4) is 0 Å². The molecule has 0 saturated carbocycles. The number of hydrogen-bond acceptors (Lipinski definition) is 4. The summed E-state index contributed by atoms with van der Waals surface area (Å²) in [6.45, 7) is 6.17. The van der Waals surface area contributed by atoms with Crippen LogP contribution in [-0.2, 0) is 0 Å². The highest BCUT2D eigenvalue weighted by Gasteiger charge is 2.26. The first-order chi connectivity index (χ1) is 5.47. The highest BCUT2D eigenvalue weighted by molar-refractivity contribution is 8.17. The molecule has 0 amide bonds. The number of hydrogen-bond donors (Lipinski definition) is 1. The van der Waals surface area contributed by atoms with Crippen LogP contribution in [0.15, 0.2) is 5.16 Å². The lowest BCUT2D eigenvalue weighted by Gasteiger charge is -2.24. The predicted octanol–water partition coefficient (Wildman–Crippen LogP) is 2.91. The first-order valence-electron chi connectivity index (χ1n) is 3.75. The Kier molecular flexibility index (Phi) is 5.09. The summed E-state index contributed by atoms with van der Waals surface area (Å²) in [5, 5.41) is 12.2. The van der Waals surface area contributed by atoms with Gasteiger partial charge in [0.25, 0.3) is 0 Å². The van der Waals surface area contributed by atoms with Gasteiger partial charge in [-0.25, -0.2) is 0 Å². The Morgan fingerprint density at radius 1 is 1.25 bits per heavy atom. The van der Waals surface area contributed by atoms with E-state index in [-0.39, 0.29) is 10.00 Å². The van der Waals surface area contributed by atoms with Crippen molar-refractivity contribution < 1.29 is 5.21 Å². The van der Waals surface area contributed by atoms with Crippen LogP contribution in [0.2, 0.25) is 0 Å². The van der Waals surface area contributed by atoms with E-state index >= 15 is 0 Å². The van der Waals surface area contributed by atoms with E-state index in [0.717, 1.165) is 5.71 Å². The second-order valence-corrected chi connectivity index (χ2v) is 5.72. The highest BCUT2D eigenvalue weighted by atomic mass is 32.2. The van der Waals surface area contributed by atoms with Gasteiger partial charge in [-0.3, -0.25) is 0 Å². The van der Waals surface area contributed by atoms with Crippen LogP contribution in [0, 0.1) is 5.41 Å². The highest BCUT2D eigenvalue weighted by Crippen LogP contribution is 2.29. The van der Waals surface area contributed by atoms with Gasteiger partial charge in [-0.05, 0) is 12.5 Å². The van der Waals surface area contributed by atoms with Crippen molar-refractivity contribution in [2.24, 2.45) is 10.6 Å². The van der Waals surface area contributed by atoms with Crippen molar-refractivity contribution in [1.29, 1.82) is 0 Å². The molecule has 2 nitrogen and oxygen atoms in total. The molecule has 0 aromatic rings. The summed E-state index contributed by atoms with van der Waals surface area (Å²) in [4.78, 5) is 0. The number of rotatable bonds is 3. The predicted molar refractivity (Wildman–Crippen MR) is 59.5 cm³/mol. The molecule has 0 rings (SSSR count). The molecule has 0 aliphatic heterocycles. The van der Waals surface area contributed by atoms with Crippen molar-refractivity contribution in [2.75, 3.05) is 12.5 Å². The normalized spacial score (nSPS) is 14.0. The molecule has 0 bridgehead atoms. The lowest BCUT2D eigenvalue weighted by molar-refractivity contribution is 0.310. The second kappa shape index (κ2) is 5.02. The number of nitrogens with zero attached hydrogens (tertiary/aromatic N) is 1. The van der Waals surface area contributed by atoms with E-state index in [1.165, 1.54) is 0 Å². The van der Waals surface area contributed by atoms with Gasteiger partial charge in [0.05, 0.1) is 10.3 Å². The molecule has 0 aliphatic carbocycles. The minimum absolute atomic E-state index is 0.0502. The van der Waals surface area contributed by atoms with Gasteiger partial charge in [-0.15, -0.1) is 23.5 Å². The maximum atomic E-state index is 8.86. The van der Waals surface area contributed by atoms with Gasteiger partial charge in [0.2, 0.25) is 0 Å². The third-order valence-corrected chi connectivity index (χ3v) is 3.99. The summed E-state index contributed by atoms with van der Waals surface area (Å²) in [5.41, 5.74) is 0.799. The van der Waals surface area contributed by atoms with E-state index in [0.29, 0.717) is 0 Å². The average molecular weight is 207 g/mol. The summed E-state index contributed by atoms with van der Waals surface area (Å²) in [5.74, 6) is 0. The molecule has 0 fully saturated rings. The van der Waals surface area contributed by atoms with Crippen LogP contribution in [0.4, 0.5) is 0 Å². The lowest BCUT2D eigenvalue weighted by Crippen LogP contribution is -2.28. The van der Waals surface area contributed by atoms with Crippen LogP contribution in [-0.4, -0.2) is 28.0 Å². The third kappa shape index (κ3) is 3.27. The Labute approximate surface area is 83.2 Å². The summed E-state index contributed by atoms with van der Waals surface area (Å²) in [6.07, 6.45) is 4.05. The molecule has 0 aromatic carbocycles. The maximum absolute atomic E-state index is 8.86. The van der Waals surface area contributed by atoms with E-state index in [4.69, 9.17) is 5.21 Å². The van der Waals surface area contributed by atoms with Crippen molar-refractivity contribution in [1.82, 2.24) is 0 Å². The van der Waals surface area contributed by atoms with E-state index in [2.05, 4.69) is 25.9 Å². The van der Waals surface area contributed by atoms with Gasteiger partial charge >= 0.3 is 0 Å². The maximum Gasteiger partial charge on any atom is 0.0915 e. The van der Waals surface area contributed by atoms with E-state index in [9.17, 15) is 0 Å². The number of thioether (sulfide) groups is 2. The largest absolute Gasteiger partial charge is 0.411 e. The third-order valence-electron chi connectivity index (χ3n) is 1.53. The van der Waals surface area contributed by atoms with Crippen molar-refractivity contribution >= 4 is 29.2 Å². The van der Waals surface area contributed by atoms with Crippen LogP contribution < -0.4 is 0 Å². The lowest BCUT2D eigenvalue weighted by atomic mass is 9.91. The molecule has 12 heavy (non-hydrogen) atoms. The Morgan fingerprint density at radius 2 is 1.67 bits per heavy atom. The molecule has 0 heterocycles. The first kappa shape index (κ1) is 12.2. The number of oxime groups is 1. The quantitative estimate of drug-likeness (QED) is 0.334. The molecule has 4 heteroatoms. The average Bonchev–Trinajstić information content (AvgIpc) is 1.97. The summed E-state index contributed by atoms with van der Waals surface area (Å²) in [6, 6.07) is 0. The minimum atomic E-state index is -0.0502. The molecule has 0 unspecified atom stereocenters. The van der Waals surface area contributed by atoms with E-state index < -0.39 is 0 Å². The molecule has 0 radical (unpaired) electrons. The topological polar surface area (TPSA) is 32.6 Å². The molecule has 0 atom stereocenters. The van der Waals surface area contributed by atoms with Crippen molar-refractivity contribution in [3.8, 4) is 0 Å². The zero-order valence-corrected chi connectivity index (χ0v) is 9.92. The second-order valence-electron chi connectivity index (χ2n) is 3.54. The SMILES string of the molecule is CSC(SC)C(=NO)C(C)(C)C. The zero-order valence-electron chi connectivity index (χ0n) is 8.29. The van der Waals surface area contributed by atoms with Crippen LogP contribution in [0.5, 0.6) is 0 Å². The molecule has 0 spiro atoms. The molecular formula is C8H17NOS2. The van der Waals surface area contributed by atoms with E-state index in [1.807, 2.05) is 12.5 Å². The van der Waals surface area contributed by atoms with Crippen LogP contribution >= 0.6 is 23.5 Å². The zero-order chi connectivity index (χ0) is 9.78. The molecule has 0 saturated heterocycles. The summed E-state index contributed by atoms with van der Waals surface area (Å²) in [7, 11) is 0. The Hall–Kier alpha value is 0.170. The van der Waals surface area contributed by atoms with Crippen molar-refractivity contribution in [2.45, 2.75) is 25.4 Å². The van der Waals surface area contributed by atoms with Crippen molar-refractivity contribution in [3.63, 3.8) is 0 Å². The summed E-state index contributed by atoms with van der Waals surface area (Å²) < 4.78 is 0.259. The van der Waals surface area contributed by atoms with Crippen LogP contribution in [0.1, 0.15) is 20.8 Å². The van der Waals surface area contributed by atoms with Gasteiger partial charge < -0.3 is 5.21 Å². The fourth-order valence-corrected chi connectivity index (χ4v) is 2.89. The van der Waals surface area contributed by atoms with Crippen molar-refractivity contribution in [3.05, 3.63) is 0 Å². The smallest absolute Gasteiger partial charge is 0.0915 e. The standard InChI is InChI=1S/C8H17NOS2/c1-8(2,3)6(9-10)7(11-4)12-5/h7,10H,1-5H3. The Morgan fingerprint density at radius 3 is 1.75 bits per heavy atom. The van der Waals surface area contributed by atoms with Gasteiger partial charge in [0.15, 0.2) is 0 Å². The van der Waals surface area contributed by atoms with Gasteiger partial charge in [-0.2, -0.15) is 0 Å². The molecule has 0 aliphatic rings. The van der Waals surface area contributed by atoms with Crippen LogP contribution in [0.25, 0.3) is 0 Å². The molecule has 0 aromatic heterocycles. The monoisotopic (exact) mass is 207 g/mol. The first-order valence-corrected chi connectivity index (χ1v) is 6.33. The van der Waals surface area contributed by atoms with Gasteiger partial charge in [-0.1, -0.05) is 25.9 Å². The Balaban J connectivity index is 4.56. The molecule has 1 N–H and O–H groups in total. The molecule has 72 valence electrons. The van der Waals surface area contributed by atoms with Gasteiger partial charge in [0.1, 0.15) is 0 Å². The fourth-order valence-electron chi connectivity index (χ4n) is 0.870.